The smallest absolute Gasteiger partial charge is 0.328 e. The summed E-state index contributed by atoms with van der Waals surface area (Å²) < 4.78 is 11.0. The maximum Gasteiger partial charge on any atom is 0.328 e. The average molecular weight is 548 g/mol. The molecule has 12 nitrogen and oxygen atoms in total. The molecule has 3 atom stereocenters. The number of rotatable bonds is 8. The Morgan fingerprint density at radius 2 is 2.15 bits per heavy atom. The van der Waals surface area contributed by atoms with Gasteiger partial charge in [0.15, 0.2) is 6.29 Å². The van der Waals surface area contributed by atoms with Crippen molar-refractivity contribution in [2.24, 2.45) is 0 Å². The van der Waals surface area contributed by atoms with Crippen molar-refractivity contribution in [1.82, 2.24) is 14.9 Å². The molecule has 1 saturated heterocycles. The van der Waals surface area contributed by atoms with Gasteiger partial charge < -0.3 is 19.7 Å². The molecular weight excluding hydrogens is 514 g/mol. The van der Waals surface area contributed by atoms with E-state index in [0.29, 0.717) is 61.3 Å². The van der Waals surface area contributed by atoms with Crippen LogP contribution >= 0.6 is 0 Å². The highest BCUT2D eigenvalue weighted by atomic mass is 16.5. The van der Waals surface area contributed by atoms with Gasteiger partial charge in [-0.2, -0.15) is 5.26 Å². The summed E-state index contributed by atoms with van der Waals surface area (Å²) in [6, 6.07) is 5.27. The molecule has 0 bridgehead atoms. The molecule has 1 saturated carbocycles. The van der Waals surface area contributed by atoms with E-state index in [4.69, 9.17) is 9.47 Å². The van der Waals surface area contributed by atoms with Gasteiger partial charge in [-0.3, -0.25) is 19.8 Å². The third-order valence-corrected chi connectivity index (χ3v) is 7.73. The number of pyridine rings is 2. The summed E-state index contributed by atoms with van der Waals surface area (Å²) >= 11 is 0. The summed E-state index contributed by atoms with van der Waals surface area (Å²) in [4.78, 5) is 49.9. The molecule has 40 heavy (non-hydrogen) atoms. The van der Waals surface area contributed by atoms with Gasteiger partial charge in [0.05, 0.1) is 23.4 Å². The van der Waals surface area contributed by atoms with Gasteiger partial charge in [0.2, 0.25) is 0 Å². The van der Waals surface area contributed by atoms with Crippen molar-refractivity contribution < 1.29 is 23.9 Å². The first kappa shape index (κ1) is 27.5. The van der Waals surface area contributed by atoms with Gasteiger partial charge in [-0.25, -0.2) is 14.8 Å². The first-order valence-corrected chi connectivity index (χ1v) is 13.5. The number of methoxy groups -OCH3 is 1. The van der Waals surface area contributed by atoms with Crippen molar-refractivity contribution in [3.05, 3.63) is 40.7 Å². The number of hydrogen-bond donors (Lipinski definition) is 2. The Balaban J connectivity index is 1.32. The van der Waals surface area contributed by atoms with Crippen molar-refractivity contribution >= 4 is 35.5 Å². The van der Waals surface area contributed by atoms with Gasteiger partial charge in [0.25, 0.3) is 5.91 Å². The monoisotopic (exact) mass is 547 g/mol. The quantitative estimate of drug-likeness (QED) is 0.476. The second kappa shape index (κ2) is 12.0. The number of fused-ring (bicyclic) bond motifs is 1. The maximum atomic E-state index is 13.4. The highest BCUT2D eigenvalue weighted by Gasteiger charge is 2.32. The summed E-state index contributed by atoms with van der Waals surface area (Å²) in [6.45, 7) is 1.21. The standard InChI is InChI=1S/C28H33N7O5/c1-34(27(37)24-6-4-10-40-24)15-18-11-17-5-3-9-35(26(17)32-22(18)16-36)28(38)33-25-12-21(19(13-29)14-30-25)31-20-7-8-23(20)39-2/h11-12,14,16,20,23-24H,3-10,15H2,1-2H3,(H2,30,31,33,38). The molecule has 3 amide bonds. The Morgan fingerprint density at radius 3 is 2.83 bits per heavy atom. The van der Waals surface area contributed by atoms with Crippen molar-refractivity contribution in [3.63, 3.8) is 0 Å². The van der Waals surface area contributed by atoms with E-state index in [2.05, 4.69) is 26.7 Å². The molecule has 1 aliphatic carbocycles. The lowest BCUT2D eigenvalue weighted by Crippen LogP contribution is -2.44. The minimum atomic E-state index is -0.448. The van der Waals surface area contributed by atoms with E-state index in [0.717, 1.165) is 24.8 Å². The number of aldehydes is 1. The molecule has 2 aromatic heterocycles. The van der Waals surface area contributed by atoms with E-state index in [9.17, 15) is 19.6 Å². The average Bonchev–Trinajstić information content (AvgIpc) is 3.49. The van der Waals surface area contributed by atoms with E-state index in [1.54, 1.807) is 25.1 Å². The molecule has 3 unspecified atom stereocenters. The number of carbonyl (C=O) groups excluding carboxylic acids is 3. The molecule has 5 rings (SSSR count). The molecule has 2 N–H and O–H groups in total. The lowest BCUT2D eigenvalue weighted by atomic mass is 9.88. The van der Waals surface area contributed by atoms with E-state index < -0.39 is 12.1 Å². The van der Waals surface area contributed by atoms with E-state index in [-0.39, 0.29) is 36.1 Å². The number of aromatic nitrogens is 2. The Labute approximate surface area is 232 Å². The number of nitriles is 1. The summed E-state index contributed by atoms with van der Waals surface area (Å²) in [7, 11) is 3.35. The zero-order valence-electron chi connectivity index (χ0n) is 22.7. The third kappa shape index (κ3) is 5.61. The van der Waals surface area contributed by atoms with Gasteiger partial charge >= 0.3 is 6.03 Å². The summed E-state index contributed by atoms with van der Waals surface area (Å²) in [6.07, 6.45) is 6.50. The van der Waals surface area contributed by atoms with Crippen LogP contribution < -0.4 is 15.5 Å². The molecule has 3 aliphatic rings. The lowest BCUT2D eigenvalue weighted by Gasteiger charge is -2.36. The highest BCUT2D eigenvalue weighted by molar-refractivity contribution is 6.02. The number of anilines is 3. The fourth-order valence-corrected chi connectivity index (χ4v) is 5.36. The normalized spacial score (nSPS) is 21.5. The van der Waals surface area contributed by atoms with E-state index in [1.807, 2.05) is 6.07 Å². The molecule has 2 aromatic rings. The fourth-order valence-electron chi connectivity index (χ4n) is 5.36. The van der Waals surface area contributed by atoms with Crippen LogP contribution in [0.3, 0.4) is 0 Å². The van der Waals surface area contributed by atoms with E-state index >= 15 is 0 Å². The molecule has 2 aliphatic heterocycles. The number of likely N-dealkylation sites (N-methyl/N-ethyl adjacent to an activating group) is 1. The van der Waals surface area contributed by atoms with Gasteiger partial charge in [-0.1, -0.05) is 0 Å². The second-order valence-corrected chi connectivity index (χ2v) is 10.3. The van der Waals surface area contributed by atoms with Crippen LogP contribution in [-0.4, -0.2) is 78.7 Å². The van der Waals surface area contributed by atoms with Crippen LogP contribution in [-0.2, 0) is 27.2 Å². The Morgan fingerprint density at radius 1 is 1.30 bits per heavy atom. The number of carbonyl (C=O) groups is 3. The topological polar surface area (TPSA) is 150 Å². The summed E-state index contributed by atoms with van der Waals surface area (Å²) in [5.74, 6) is 0.576. The molecular formula is C28H33N7O5. The van der Waals surface area contributed by atoms with E-state index in [1.165, 1.54) is 11.1 Å². The SMILES string of the molecule is COC1CCC1Nc1cc(NC(=O)N2CCCc3cc(CN(C)C(=O)C4CCCO4)c(C=O)nc32)ncc1C#N. The first-order valence-electron chi connectivity index (χ1n) is 13.5. The van der Waals surface area contributed by atoms with Crippen LogP contribution in [0.2, 0.25) is 0 Å². The minimum Gasteiger partial charge on any atom is -0.379 e. The minimum absolute atomic E-state index is 0.0690. The number of ether oxygens (including phenoxy) is 2. The zero-order valence-corrected chi connectivity index (χ0v) is 22.7. The molecule has 12 heteroatoms. The Kier molecular flexibility index (Phi) is 8.23. The first-order chi connectivity index (χ1) is 19.4. The van der Waals surface area contributed by atoms with Gasteiger partial charge in [-0.05, 0) is 50.2 Å². The van der Waals surface area contributed by atoms with Gasteiger partial charge in [0, 0.05) is 51.7 Å². The number of hydrogen-bond acceptors (Lipinski definition) is 9. The maximum absolute atomic E-state index is 13.4. The van der Waals surface area contributed by atoms with Crippen molar-refractivity contribution in [2.45, 2.75) is 63.3 Å². The van der Waals surface area contributed by atoms with Crippen LogP contribution in [0.1, 0.15) is 59.3 Å². The molecule has 0 spiro atoms. The van der Waals surface area contributed by atoms with Crippen LogP contribution in [0, 0.1) is 11.3 Å². The van der Waals surface area contributed by atoms with Gasteiger partial charge in [0.1, 0.15) is 29.5 Å². The van der Waals surface area contributed by atoms with Crippen LogP contribution in [0.25, 0.3) is 0 Å². The second-order valence-electron chi connectivity index (χ2n) is 10.3. The molecule has 2 fully saturated rings. The van der Waals surface area contributed by atoms with Crippen molar-refractivity contribution in [3.8, 4) is 6.07 Å². The summed E-state index contributed by atoms with van der Waals surface area (Å²) in [5.41, 5.74) is 2.58. The zero-order chi connectivity index (χ0) is 28.2. The van der Waals surface area contributed by atoms with Crippen molar-refractivity contribution in [2.75, 3.05) is 42.8 Å². The molecule has 4 heterocycles. The molecule has 0 radical (unpaired) electrons. The van der Waals surface area contributed by atoms with Crippen LogP contribution in [0.5, 0.6) is 0 Å². The Bertz CT molecular complexity index is 1340. The number of nitrogens with one attached hydrogen (secondary N) is 2. The van der Waals surface area contributed by atoms with Crippen LogP contribution in [0.4, 0.5) is 22.1 Å². The number of nitrogens with zero attached hydrogens (tertiary/aromatic N) is 5. The summed E-state index contributed by atoms with van der Waals surface area (Å²) in [5, 5.41) is 15.7. The van der Waals surface area contributed by atoms with Gasteiger partial charge in [-0.15, -0.1) is 0 Å². The third-order valence-electron chi connectivity index (χ3n) is 7.73. The number of urea groups is 1. The Hall–Kier alpha value is -4.08. The number of aryl methyl sites for hydroxylation is 1. The van der Waals surface area contributed by atoms with Crippen LogP contribution in [0.15, 0.2) is 18.3 Å². The predicted molar refractivity (Wildman–Crippen MR) is 146 cm³/mol. The fraction of sp³-hybridized carbons (Fsp3) is 0.500. The molecule has 210 valence electrons. The van der Waals surface area contributed by atoms with Crippen molar-refractivity contribution in [1.29, 1.82) is 5.26 Å². The largest absolute Gasteiger partial charge is 0.379 e. The lowest BCUT2D eigenvalue weighted by molar-refractivity contribution is -0.140. The molecule has 0 aromatic carbocycles. The number of amides is 3. The predicted octanol–water partition coefficient (Wildman–Crippen LogP) is 2.87. The highest BCUT2D eigenvalue weighted by Crippen LogP contribution is 2.31.